The summed E-state index contributed by atoms with van der Waals surface area (Å²) < 4.78 is 24.2. The first-order chi connectivity index (χ1) is 15.0. The molecule has 3 rings (SSSR count). The van der Waals surface area contributed by atoms with Gasteiger partial charge in [-0.15, -0.1) is 0 Å². The Labute approximate surface area is 184 Å². The molecule has 0 bridgehead atoms. The second kappa shape index (κ2) is 11.0. The highest BCUT2D eigenvalue weighted by atomic mass is 35.5. The lowest BCUT2D eigenvalue weighted by atomic mass is 10.1. The van der Waals surface area contributed by atoms with Crippen molar-refractivity contribution < 1.29 is 18.7 Å². The third-order valence-corrected chi connectivity index (χ3v) is 4.98. The number of ether oxygens (including phenoxy) is 2. The zero-order valence-electron chi connectivity index (χ0n) is 17.1. The lowest BCUT2D eigenvalue weighted by Crippen LogP contribution is -2.43. The van der Waals surface area contributed by atoms with E-state index in [0.29, 0.717) is 37.7 Å². The Kier molecular flexibility index (Phi) is 8.08. The van der Waals surface area contributed by atoms with Gasteiger partial charge in [-0.1, -0.05) is 23.7 Å². The van der Waals surface area contributed by atoms with Crippen LogP contribution in [0.2, 0.25) is 5.02 Å². The van der Waals surface area contributed by atoms with Crippen LogP contribution in [0.4, 0.5) is 10.1 Å². The molecule has 0 radical (unpaired) electrons. The van der Waals surface area contributed by atoms with Crippen molar-refractivity contribution in [1.82, 2.24) is 9.81 Å². The smallest absolute Gasteiger partial charge is 0.364 e. The molecule has 10 heteroatoms. The Balaban J connectivity index is 1.57. The number of carbonyl (C=O) groups excluding carboxylic acids is 1. The van der Waals surface area contributed by atoms with Crippen molar-refractivity contribution in [3.05, 3.63) is 58.4 Å². The molecule has 164 valence electrons. The number of hydrogen-bond donors (Lipinski definition) is 1. The number of nitrogens with zero attached hydrogens (tertiary/aromatic N) is 4. The van der Waals surface area contributed by atoms with E-state index in [-0.39, 0.29) is 29.1 Å². The Morgan fingerprint density at radius 2 is 2.16 bits per heavy atom. The number of benzene rings is 2. The van der Waals surface area contributed by atoms with E-state index >= 15 is 0 Å². The molecule has 1 heterocycles. The van der Waals surface area contributed by atoms with Gasteiger partial charge in [0.05, 0.1) is 35.6 Å². The lowest BCUT2D eigenvalue weighted by Gasteiger charge is -2.31. The van der Waals surface area contributed by atoms with Crippen LogP contribution in [0.25, 0.3) is 0 Å². The quantitative estimate of drug-likeness (QED) is 0.397. The van der Waals surface area contributed by atoms with Gasteiger partial charge in [-0.25, -0.2) is 4.39 Å². The third kappa shape index (κ3) is 6.57. The predicted molar refractivity (Wildman–Crippen MR) is 115 cm³/mol. The minimum absolute atomic E-state index is 0.166. The fourth-order valence-corrected chi connectivity index (χ4v) is 3.31. The van der Waals surface area contributed by atoms with Crippen molar-refractivity contribution in [2.75, 3.05) is 38.6 Å². The first-order valence-electron chi connectivity index (χ1n) is 9.88. The minimum Gasteiger partial charge on any atom is -0.493 e. The Morgan fingerprint density at radius 3 is 2.90 bits per heavy atom. The molecular weight excluding hydrogens is 425 g/mol. The van der Waals surface area contributed by atoms with Gasteiger partial charge in [0, 0.05) is 25.7 Å². The molecule has 1 amide bonds. The summed E-state index contributed by atoms with van der Waals surface area (Å²) in [6, 6.07) is 9.32. The topological polar surface area (TPSA) is 104 Å². The fourth-order valence-electron chi connectivity index (χ4n) is 3.15. The number of morpholine rings is 1. The van der Waals surface area contributed by atoms with E-state index in [0.717, 1.165) is 12.1 Å². The second-order valence-corrected chi connectivity index (χ2v) is 7.38. The number of halogens is 2. The highest BCUT2D eigenvalue weighted by molar-refractivity contribution is 6.33. The van der Waals surface area contributed by atoms with Crippen LogP contribution in [0.5, 0.6) is 5.75 Å². The summed E-state index contributed by atoms with van der Waals surface area (Å²) in [5.41, 5.74) is 7.26. The average molecular weight is 449 g/mol. The SMILES string of the molecule is CCOc1cc(N)c(Cl)cc1C(=O)N=[N+]=NCC1CN(Cc2ccc(F)cc2)CCO1. The summed E-state index contributed by atoms with van der Waals surface area (Å²) in [7, 11) is 0. The van der Waals surface area contributed by atoms with Crippen molar-refractivity contribution in [2.45, 2.75) is 19.6 Å². The average Bonchev–Trinajstić information content (AvgIpc) is 2.75. The van der Waals surface area contributed by atoms with E-state index < -0.39 is 5.91 Å². The van der Waals surface area contributed by atoms with E-state index in [9.17, 15) is 9.18 Å². The van der Waals surface area contributed by atoms with E-state index in [1.807, 2.05) is 0 Å². The molecule has 1 aliphatic rings. The van der Waals surface area contributed by atoms with Gasteiger partial charge in [0.25, 0.3) is 0 Å². The summed E-state index contributed by atoms with van der Waals surface area (Å²) in [6.45, 7) is 5.07. The van der Waals surface area contributed by atoms with Crippen molar-refractivity contribution in [1.29, 1.82) is 0 Å². The molecule has 31 heavy (non-hydrogen) atoms. The number of carbonyl (C=O) groups is 1. The Hall–Kier alpha value is -2.84. The molecule has 2 aromatic rings. The van der Waals surface area contributed by atoms with Crippen molar-refractivity contribution >= 4 is 23.2 Å². The van der Waals surface area contributed by atoms with Gasteiger partial charge in [-0.3, -0.25) is 9.69 Å². The van der Waals surface area contributed by atoms with Crippen LogP contribution in [0.3, 0.4) is 0 Å². The number of nitrogen functional groups attached to an aromatic ring is 1. The van der Waals surface area contributed by atoms with Crippen molar-refractivity contribution in [3.8, 4) is 5.75 Å². The fraction of sp³-hybridized carbons (Fsp3) is 0.381. The number of rotatable bonds is 7. The van der Waals surface area contributed by atoms with Crippen LogP contribution in [0, 0.1) is 5.82 Å². The standard InChI is InChI=1S/C21H23ClFN5O3/c1-2-30-20-10-19(24)18(22)9-17(20)21(29)26-27-25-11-16-13-28(7-8-31-16)12-14-3-5-15(23)6-4-14/h3-6,9-10,16H,2,7-8,11-13H2,1H3,(H-,24,29)/p+1. The van der Waals surface area contributed by atoms with Crippen molar-refractivity contribution in [3.63, 3.8) is 0 Å². The van der Waals surface area contributed by atoms with Gasteiger partial charge in [0.1, 0.15) is 16.7 Å². The molecule has 1 atom stereocenters. The van der Waals surface area contributed by atoms with Crippen LogP contribution >= 0.6 is 11.6 Å². The van der Waals surface area contributed by atoms with Gasteiger partial charge >= 0.3 is 5.91 Å². The normalized spacial score (nSPS) is 16.4. The van der Waals surface area contributed by atoms with Crippen LogP contribution in [-0.4, -0.2) is 49.8 Å². The molecule has 1 saturated heterocycles. The monoisotopic (exact) mass is 448 g/mol. The van der Waals surface area contributed by atoms with E-state index in [4.69, 9.17) is 26.8 Å². The van der Waals surface area contributed by atoms with Crippen LogP contribution < -0.4 is 15.4 Å². The molecule has 1 unspecified atom stereocenters. The molecule has 2 aromatic carbocycles. The maximum atomic E-state index is 13.1. The molecule has 1 aliphatic heterocycles. The predicted octanol–water partition coefficient (Wildman–Crippen LogP) is 3.47. The van der Waals surface area contributed by atoms with E-state index in [1.165, 1.54) is 24.3 Å². The summed E-state index contributed by atoms with van der Waals surface area (Å²) in [4.78, 5) is 18.2. The number of hydrogen-bond acceptors (Lipinski definition) is 6. The maximum Gasteiger partial charge on any atom is 0.364 e. The molecular formula is C21H24ClFN5O3+. The van der Waals surface area contributed by atoms with E-state index in [1.54, 1.807) is 19.1 Å². The summed E-state index contributed by atoms with van der Waals surface area (Å²) >= 11 is 6.00. The zero-order chi connectivity index (χ0) is 22.2. The first kappa shape index (κ1) is 22.8. The molecule has 2 N–H and O–H groups in total. The second-order valence-electron chi connectivity index (χ2n) is 6.98. The van der Waals surface area contributed by atoms with Gasteiger partial charge in [0.15, 0.2) is 6.54 Å². The van der Waals surface area contributed by atoms with Gasteiger partial charge in [-0.05, 0) is 30.7 Å². The number of anilines is 1. The number of amides is 1. The van der Waals surface area contributed by atoms with Gasteiger partial charge in [-0.2, -0.15) is 0 Å². The lowest BCUT2D eigenvalue weighted by molar-refractivity contribution is -0.0265. The van der Waals surface area contributed by atoms with Crippen molar-refractivity contribution in [2.24, 2.45) is 10.2 Å². The minimum atomic E-state index is -0.628. The first-order valence-corrected chi connectivity index (χ1v) is 10.3. The molecule has 1 fully saturated rings. The molecule has 0 aromatic heterocycles. The summed E-state index contributed by atoms with van der Waals surface area (Å²) in [5.74, 6) is -0.589. The highest BCUT2D eigenvalue weighted by Crippen LogP contribution is 2.29. The third-order valence-electron chi connectivity index (χ3n) is 4.66. The molecule has 0 saturated carbocycles. The molecule has 0 spiro atoms. The number of nitrogens with two attached hydrogens (primary N) is 1. The molecule has 8 nitrogen and oxygen atoms in total. The molecule has 0 aliphatic carbocycles. The summed E-state index contributed by atoms with van der Waals surface area (Å²) in [6.07, 6.45) is -0.173. The van der Waals surface area contributed by atoms with Crippen LogP contribution in [-0.2, 0) is 11.3 Å². The zero-order valence-corrected chi connectivity index (χ0v) is 17.9. The largest absolute Gasteiger partial charge is 0.493 e. The van der Waals surface area contributed by atoms with E-state index in [2.05, 4.69) is 20.0 Å². The Morgan fingerprint density at radius 1 is 1.39 bits per heavy atom. The Bertz CT molecular complexity index is 980. The van der Waals surface area contributed by atoms with Gasteiger partial charge in [0.2, 0.25) is 10.0 Å². The van der Waals surface area contributed by atoms with Crippen LogP contribution in [0.1, 0.15) is 22.8 Å². The maximum absolute atomic E-state index is 13.1. The van der Waals surface area contributed by atoms with Gasteiger partial charge < -0.3 is 15.2 Å². The van der Waals surface area contributed by atoms with Crippen LogP contribution in [0.15, 0.2) is 46.6 Å². The highest BCUT2D eigenvalue weighted by Gasteiger charge is 2.22. The summed E-state index contributed by atoms with van der Waals surface area (Å²) in [5, 5.41) is 7.82.